The van der Waals surface area contributed by atoms with Gasteiger partial charge in [-0.05, 0) is 54.8 Å². The van der Waals surface area contributed by atoms with Gasteiger partial charge >= 0.3 is 6.03 Å². The van der Waals surface area contributed by atoms with Crippen molar-refractivity contribution < 1.29 is 9.18 Å². The Morgan fingerprint density at radius 3 is 2.24 bits per heavy atom. The van der Waals surface area contributed by atoms with Crippen molar-refractivity contribution in [2.45, 2.75) is 44.7 Å². The third kappa shape index (κ3) is 5.48. The molecule has 0 saturated heterocycles. The van der Waals surface area contributed by atoms with Crippen LogP contribution in [0.5, 0.6) is 0 Å². The molecule has 0 heterocycles. The van der Waals surface area contributed by atoms with Crippen LogP contribution in [0.1, 0.15) is 37.7 Å². The van der Waals surface area contributed by atoms with Gasteiger partial charge in [0, 0.05) is 24.0 Å². The van der Waals surface area contributed by atoms with Crippen molar-refractivity contribution in [1.82, 2.24) is 5.32 Å². The third-order valence-electron chi connectivity index (χ3n) is 4.49. The van der Waals surface area contributed by atoms with Crippen LogP contribution < -0.4 is 16.0 Å². The molecule has 0 radical (unpaired) electrons. The molecule has 5 heteroatoms. The average Bonchev–Trinajstić information content (AvgIpc) is 2.63. The van der Waals surface area contributed by atoms with Crippen molar-refractivity contribution in [3.8, 4) is 0 Å². The van der Waals surface area contributed by atoms with Crippen LogP contribution in [0.4, 0.5) is 20.6 Å². The van der Waals surface area contributed by atoms with Crippen molar-refractivity contribution in [1.29, 1.82) is 0 Å². The molecule has 0 aromatic heterocycles. The molecule has 0 spiro atoms. The minimum Gasteiger partial charge on any atom is -0.381 e. The lowest BCUT2D eigenvalue weighted by Crippen LogP contribution is -2.38. The lowest BCUT2D eigenvalue weighted by molar-refractivity contribution is 0.244. The molecule has 1 aliphatic rings. The van der Waals surface area contributed by atoms with Crippen molar-refractivity contribution >= 4 is 17.4 Å². The zero-order valence-corrected chi connectivity index (χ0v) is 14.2. The molecule has 132 valence electrons. The Morgan fingerprint density at radius 2 is 1.56 bits per heavy atom. The van der Waals surface area contributed by atoms with Gasteiger partial charge in [0.1, 0.15) is 5.82 Å². The van der Waals surface area contributed by atoms with E-state index >= 15 is 0 Å². The van der Waals surface area contributed by atoms with Crippen LogP contribution >= 0.6 is 0 Å². The first-order valence-corrected chi connectivity index (χ1v) is 8.85. The minimum atomic E-state index is -0.231. The Labute approximate surface area is 147 Å². The first-order chi connectivity index (χ1) is 12.2. The number of benzene rings is 2. The van der Waals surface area contributed by atoms with E-state index in [2.05, 4.69) is 16.0 Å². The molecular formula is C20H24FN3O. The van der Waals surface area contributed by atoms with Gasteiger partial charge in [-0.2, -0.15) is 0 Å². The van der Waals surface area contributed by atoms with E-state index < -0.39 is 0 Å². The van der Waals surface area contributed by atoms with E-state index in [0.29, 0.717) is 12.6 Å². The second-order valence-corrected chi connectivity index (χ2v) is 6.49. The van der Waals surface area contributed by atoms with Crippen molar-refractivity contribution in [2.24, 2.45) is 0 Å². The standard InChI is InChI=1S/C20H24FN3O/c21-16-8-6-15(7-9-16)14-22-17-10-12-19(13-11-17)24-20(25)23-18-4-2-1-3-5-18/h6-13,18,22H,1-5,14H2,(H2,23,24,25). The number of urea groups is 1. The molecule has 3 rings (SSSR count). The van der Waals surface area contributed by atoms with Gasteiger partial charge in [-0.15, -0.1) is 0 Å². The van der Waals surface area contributed by atoms with Crippen LogP contribution in [0.15, 0.2) is 48.5 Å². The summed E-state index contributed by atoms with van der Waals surface area (Å²) in [6.07, 6.45) is 5.80. The van der Waals surface area contributed by atoms with Crippen molar-refractivity contribution in [3.05, 3.63) is 59.9 Å². The van der Waals surface area contributed by atoms with E-state index in [9.17, 15) is 9.18 Å². The molecule has 2 aromatic rings. The Bertz CT molecular complexity index is 679. The van der Waals surface area contributed by atoms with Gasteiger partial charge in [0.05, 0.1) is 0 Å². The fraction of sp³-hybridized carbons (Fsp3) is 0.350. The molecule has 4 nitrogen and oxygen atoms in total. The lowest BCUT2D eigenvalue weighted by Gasteiger charge is -2.22. The molecule has 1 saturated carbocycles. The predicted molar refractivity (Wildman–Crippen MR) is 99.2 cm³/mol. The Hall–Kier alpha value is -2.56. The summed E-state index contributed by atoms with van der Waals surface area (Å²) in [5.74, 6) is -0.231. The highest BCUT2D eigenvalue weighted by molar-refractivity contribution is 5.89. The molecule has 25 heavy (non-hydrogen) atoms. The number of carbonyl (C=O) groups is 1. The van der Waals surface area contributed by atoms with E-state index in [1.165, 1.54) is 31.4 Å². The summed E-state index contributed by atoms with van der Waals surface area (Å²) in [7, 11) is 0. The second kappa shape index (κ2) is 8.51. The van der Waals surface area contributed by atoms with Gasteiger partial charge in [0.2, 0.25) is 0 Å². The van der Waals surface area contributed by atoms with E-state index in [0.717, 1.165) is 29.8 Å². The zero-order chi connectivity index (χ0) is 17.5. The lowest BCUT2D eigenvalue weighted by atomic mass is 9.96. The third-order valence-corrected chi connectivity index (χ3v) is 4.49. The van der Waals surface area contributed by atoms with E-state index in [-0.39, 0.29) is 11.8 Å². The second-order valence-electron chi connectivity index (χ2n) is 6.49. The molecule has 0 aliphatic heterocycles. The number of rotatable bonds is 5. The number of amides is 2. The molecule has 0 unspecified atom stereocenters. The van der Waals surface area contributed by atoms with Crippen LogP contribution in [0.3, 0.4) is 0 Å². The number of halogens is 1. The summed E-state index contributed by atoms with van der Waals surface area (Å²) in [4.78, 5) is 12.0. The molecule has 2 amide bonds. The topological polar surface area (TPSA) is 53.2 Å². The van der Waals surface area contributed by atoms with Crippen LogP contribution in [-0.4, -0.2) is 12.1 Å². The smallest absolute Gasteiger partial charge is 0.319 e. The molecule has 3 N–H and O–H groups in total. The van der Waals surface area contributed by atoms with Crippen LogP contribution in [0, 0.1) is 5.82 Å². The van der Waals surface area contributed by atoms with Gasteiger partial charge in [-0.3, -0.25) is 0 Å². The molecule has 1 aliphatic carbocycles. The van der Waals surface area contributed by atoms with Gasteiger partial charge in [-0.25, -0.2) is 9.18 Å². The summed E-state index contributed by atoms with van der Waals surface area (Å²) in [6.45, 7) is 0.620. The molecule has 0 atom stereocenters. The van der Waals surface area contributed by atoms with Crippen LogP contribution in [-0.2, 0) is 6.54 Å². The number of anilines is 2. The first-order valence-electron chi connectivity index (χ1n) is 8.85. The average molecular weight is 341 g/mol. The maximum absolute atomic E-state index is 12.9. The van der Waals surface area contributed by atoms with Crippen LogP contribution in [0.25, 0.3) is 0 Å². The minimum absolute atomic E-state index is 0.140. The summed E-state index contributed by atoms with van der Waals surface area (Å²) in [6, 6.07) is 14.1. The van der Waals surface area contributed by atoms with Crippen molar-refractivity contribution in [3.63, 3.8) is 0 Å². The monoisotopic (exact) mass is 341 g/mol. The van der Waals surface area contributed by atoms with Crippen molar-refractivity contribution in [2.75, 3.05) is 10.6 Å². The highest BCUT2D eigenvalue weighted by atomic mass is 19.1. The maximum Gasteiger partial charge on any atom is 0.319 e. The maximum atomic E-state index is 12.9. The first kappa shape index (κ1) is 17.3. The number of carbonyl (C=O) groups excluding carboxylic acids is 1. The highest BCUT2D eigenvalue weighted by Gasteiger charge is 2.15. The molecule has 2 aromatic carbocycles. The number of hydrogen-bond acceptors (Lipinski definition) is 2. The zero-order valence-electron chi connectivity index (χ0n) is 14.2. The van der Waals surface area contributed by atoms with Gasteiger partial charge in [0.15, 0.2) is 0 Å². The normalized spacial score (nSPS) is 14.8. The quantitative estimate of drug-likeness (QED) is 0.725. The summed E-state index contributed by atoms with van der Waals surface area (Å²) in [5, 5.41) is 9.19. The number of hydrogen-bond donors (Lipinski definition) is 3. The fourth-order valence-corrected chi connectivity index (χ4v) is 3.08. The summed E-state index contributed by atoms with van der Waals surface area (Å²) < 4.78 is 12.9. The number of nitrogens with one attached hydrogen (secondary N) is 3. The highest BCUT2D eigenvalue weighted by Crippen LogP contribution is 2.18. The summed E-state index contributed by atoms with van der Waals surface area (Å²) in [5.41, 5.74) is 2.72. The molecular weight excluding hydrogens is 317 g/mol. The predicted octanol–water partition coefficient (Wildman–Crippen LogP) is 4.89. The van der Waals surface area contributed by atoms with Crippen LogP contribution in [0.2, 0.25) is 0 Å². The van der Waals surface area contributed by atoms with Gasteiger partial charge < -0.3 is 16.0 Å². The Balaban J connectivity index is 1.46. The van der Waals surface area contributed by atoms with Gasteiger partial charge in [-0.1, -0.05) is 31.4 Å². The SMILES string of the molecule is O=C(Nc1ccc(NCc2ccc(F)cc2)cc1)NC1CCCCC1. The van der Waals surface area contributed by atoms with Gasteiger partial charge in [0.25, 0.3) is 0 Å². The summed E-state index contributed by atoms with van der Waals surface area (Å²) >= 11 is 0. The Morgan fingerprint density at radius 1 is 0.920 bits per heavy atom. The van der Waals surface area contributed by atoms with E-state index in [1.807, 2.05) is 24.3 Å². The Kier molecular flexibility index (Phi) is 5.88. The van der Waals surface area contributed by atoms with E-state index in [1.54, 1.807) is 12.1 Å². The van der Waals surface area contributed by atoms with E-state index in [4.69, 9.17) is 0 Å². The molecule has 0 bridgehead atoms. The largest absolute Gasteiger partial charge is 0.381 e. The molecule has 1 fully saturated rings. The fourth-order valence-electron chi connectivity index (χ4n) is 3.08.